The molecule has 2 amide bonds. The maximum atomic E-state index is 13.6. The number of rotatable bonds is 9. The van der Waals surface area contributed by atoms with Crippen LogP contribution in [-0.2, 0) is 30.8 Å². The number of esters is 2. The molecule has 16 nitrogen and oxygen atoms in total. The van der Waals surface area contributed by atoms with Crippen LogP contribution in [0.2, 0.25) is 0 Å². The van der Waals surface area contributed by atoms with Gasteiger partial charge in [-0.3, -0.25) is 9.59 Å². The van der Waals surface area contributed by atoms with Crippen LogP contribution >= 0.6 is 0 Å². The van der Waals surface area contributed by atoms with E-state index in [1.165, 1.54) is 56.8 Å². The minimum Gasteiger partial charge on any atom is -0.465 e. The summed E-state index contributed by atoms with van der Waals surface area (Å²) < 4.78 is 75.9. The molecular formula is C36H34F4N8O8. The van der Waals surface area contributed by atoms with Gasteiger partial charge >= 0.3 is 11.9 Å². The molecule has 294 valence electrons. The van der Waals surface area contributed by atoms with Gasteiger partial charge in [-0.2, -0.15) is 17.6 Å². The molecule has 56 heavy (non-hydrogen) atoms. The largest absolute Gasteiger partial charge is 0.465 e. The smallest absolute Gasteiger partial charge is 0.340 e. The van der Waals surface area contributed by atoms with Crippen molar-refractivity contribution in [1.82, 2.24) is 24.3 Å². The van der Waals surface area contributed by atoms with Crippen molar-refractivity contribution in [2.24, 2.45) is 0 Å². The zero-order chi connectivity index (χ0) is 40.8. The summed E-state index contributed by atoms with van der Waals surface area (Å²) in [6.45, 7) is 2.66. The second kappa shape index (κ2) is 16.9. The predicted molar refractivity (Wildman–Crippen MR) is 190 cm³/mol. The number of methoxy groups -OCH3 is 2. The number of ether oxygens (including phenoxy) is 4. The highest BCUT2D eigenvalue weighted by molar-refractivity contribution is 6.08. The monoisotopic (exact) mass is 782 g/mol. The van der Waals surface area contributed by atoms with Gasteiger partial charge in [-0.1, -0.05) is 12.1 Å². The summed E-state index contributed by atoms with van der Waals surface area (Å²) in [5.41, 5.74) is 5.15. The van der Waals surface area contributed by atoms with Crippen LogP contribution in [-0.4, -0.2) is 82.1 Å². The van der Waals surface area contributed by atoms with Crippen molar-refractivity contribution in [2.75, 3.05) is 50.4 Å². The Morgan fingerprint density at radius 1 is 0.804 bits per heavy atom. The first kappa shape index (κ1) is 40.6. The fourth-order valence-electron chi connectivity index (χ4n) is 5.08. The molecule has 0 aromatic carbocycles. The van der Waals surface area contributed by atoms with Gasteiger partial charge in [-0.15, -0.1) is 0 Å². The number of nitrogen functional groups attached to an aromatic ring is 1. The van der Waals surface area contributed by atoms with Crippen molar-refractivity contribution in [1.29, 1.82) is 0 Å². The van der Waals surface area contributed by atoms with Crippen molar-refractivity contribution in [3.63, 3.8) is 0 Å². The summed E-state index contributed by atoms with van der Waals surface area (Å²) in [5.74, 6) is -9.31. The van der Waals surface area contributed by atoms with E-state index in [-0.39, 0.29) is 45.8 Å². The molecule has 1 aliphatic heterocycles. The van der Waals surface area contributed by atoms with Gasteiger partial charge in [0.05, 0.1) is 68.4 Å². The Morgan fingerprint density at radius 3 is 1.88 bits per heavy atom. The van der Waals surface area contributed by atoms with E-state index >= 15 is 0 Å². The number of aromatic nitrogens is 5. The maximum absolute atomic E-state index is 13.6. The van der Waals surface area contributed by atoms with E-state index < -0.39 is 47.0 Å². The molecule has 0 radical (unpaired) electrons. The lowest BCUT2D eigenvalue weighted by atomic mass is 10.2. The number of hydrogen-bond acceptors (Lipinski definition) is 13. The molecule has 1 fully saturated rings. The number of carbonyl (C=O) groups excluding carboxylic acids is 4. The molecular weight excluding hydrogens is 748 g/mol. The van der Waals surface area contributed by atoms with Crippen molar-refractivity contribution in [2.45, 2.75) is 31.8 Å². The van der Waals surface area contributed by atoms with E-state index in [0.717, 1.165) is 18.3 Å². The van der Waals surface area contributed by atoms with Crippen LogP contribution in [0.1, 0.15) is 78.7 Å². The zero-order valence-electron chi connectivity index (χ0n) is 30.1. The molecule has 1 atom stereocenters. The lowest BCUT2D eigenvalue weighted by molar-refractivity contribution is -0.0916. The van der Waals surface area contributed by atoms with E-state index in [0.29, 0.717) is 45.0 Å². The minimum absolute atomic E-state index is 0.0182. The number of imidazole rings is 1. The van der Waals surface area contributed by atoms with Gasteiger partial charge in [0.1, 0.15) is 40.3 Å². The molecule has 20 heteroatoms. The number of halogens is 4. The fourth-order valence-corrected chi connectivity index (χ4v) is 5.08. The Kier molecular flexibility index (Phi) is 12.2. The molecule has 0 aliphatic carbocycles. The van der Waals surface area contributed by atoms with Crippen molar-refractivity contribution >= 4 is 46.6 Å². The van der Waals surface area contributed by atoms with E-state index in [1.807, 2.05) is 0 Å². The summed E-state index contributed by atoms with van der Waals surface area (Å²) in [6, 6.07) is 10.1. The van der Waals surface area contributed by atoms with Gasteiger partial charge in [0.15, 0.2) is 0 Å². The van der Waals surface area contributed by atoms with Crippen LogP contribution in [0.5, 0.6) is 0 Å². The quantitative estimate of drug-likeness (QED) is 0.130. The highest BCUT2D eigenvalue weighted by Gasteiger charge is 2.29. The second-order valence-electron chi connectivity index (χ2n) is 12.1. The predicted octanol–water partition coefficient (Wildman–Crippen LogP) is 5.18. The first-order chi connectivity index (χ1) is 26.5. The van der Waals surface area contributed by atoms with Crippen LogP contribution < -0.4 is 16.4 Å². The van der Waals surface area contributed by atoms with Crippen LogP contribution in [0.15, 0.2) is 67.1 Å². The molecule has 0 spiro atoms. The van der Waals surface area contributed by atoms with Gasteiger partial charge in [0.2, 0.25) is 0 Å². The zero-order valence-corrected chi connectivity index (χ0v) is 30.1. The van der Waals surface area contributed by atoms with Gasteiger partial charge in [-0.05, 0) is 36.4 Å². The number of pyridine rings is 4. The number of carbonyl (C=O) groups is 4. The van der Waals surface area contributed by atoms with Gasteiger partial charge in [-0.25, -0.2) is 29.5 Å². The average Bonchev–Trinajstić information content (AvgIpc) is 3.60. The standard InChI is InChI=1S/C21H20F2N4O5.C15H14F2N4O3/c1-21(22,23)17-5-3-4-13(24-17)19(28)26-14-9-27-10-15(16-11-31-6-7-32-16)25-18(27)8-12(14)20(29)30-2;1-15(16,17)11-5-3-4-9(20-11)13(22)21-10-7-19-12(18)6-8(10)14(23)24-2/h3-5,8-10,16H,6-7,11H2,1-2H3,(H,26,28);3-7H,1-2H3,(H2,18,19)(H,21,22). The summed E-state index contributed by atoms with van der Waals surface area (Å²) in [4.78, 5) is 64.6. The normalized spacial score (nSPS) is 14.2. The third-order valence-corrected chi connectivity index (χ3v) is 7.85. The molecule has 6 rings (SSSR count). The molecule has 4 N–H and O–H groups in total. The topological polar surface area (TPSA) is 211 Å². The van der Waals surface area contributed by atoms with E-state index in [2.05, 4.69) is 35.3 Å². The van der Waals surface area contributed by atoms with E-state index in [9.17, 15) is 36.7 Å². The molecule has 5 aromatic rings. The Hall–Kier alpha value is -6.54. The van der Waals surface area contributed by atoms with Crippen molar-refractivity contribution in [3.05, 3.63) is 107 Å². The summed E-state index contributed by atoms with van der Waals surface area (Å²) in [5, 5.41) is 4.93. The first-order valence-corrected chi connectivity index (χ1v) is 16.5. The Morgan fingerprint density at radius 2 is 1.36 bits per heavy atom. The lowest BCUT2D eigenvalue weighted by Crippen LogP contribution is -2.22. The van der Waals surface area contributed by atoms with Crippen molar-refractivity contribution in [3.8, 4) is 0 Å². The van der Waals surface area contributed by atoms with E-state index in [4.69, 9.17) is 19.9 Å². The third kappa shape index (κ3) is 9.76. The number of nitrogens with zero attached hydrogens (tertiary/aromatic N) is 5. The molecule has 1 saturated heterocycles. The van der Waals surface area contributed by atoms with Crippen molar-refractivity contribution < 1.29 is 55.7 Å². The van der Waals surface area contributed by atoms with Crippen LogP contribution in [0, 0.1) is 0 Å². The van der Waals surface area contributed by atoms with Gasteiger partial charge in [0.25, 0.3) is 23.7 Å². The summed E-state index contributed by atoms with van der Waals surface area (Å²) in [7, 11) is 2.37. The molecule has 0 bridgehead atoms. The average molecular weight is 783 g/mol. The van der Waals surface area contributed by atoms with E-state index in [1.54, 1.807) is 10.6 Å². The molecule has 1 aliphatic rings. The number of alkyl halides is 4. The number of amides is 2. The number of anilines is 3. The highest BCUT2D eigenvalue weighted by atomic mass is 19.3. The number of nitrogens with one attached hydrogen (secondary N) is 2. The molecule has 0 saturated carbocycles. The molecule has 5 aromatic heterocycles. The fraction of sp³-hybridized carbons (Fsp3) is 0.278. The number of nitrogens with two attached hydrogens (primary N) is 1. The molecule has 1 unspecified atom stereocenters. The molecule has 6 heterocycles. The first-order valence-electron chi connectivity index (χ1n) is 16.5. The van der Waals surface area contributed by atoms with Crippen LogP contribution in [0.4, 0.5) is 34.8 Å². The number of fused-ring (bicyclic) bond motifs is 1. The van der Waals surface area contributed by atoms with Crippen LogP contribution in [0.3, 0.4) is 0 Å². The number of hydrogen-bond donors (Lipinski definition) is 3. The summed E-state index contributed by atoms with van der Waals surface area (Å²) in [6.07, 6.45) is 3.99. The van der Waals surface area contributed by atoms with Gasteiger partial charge in [0, 0.05) is 26.2 Å². The van der Waals surface area contributed by atoms with Gasteiger partial charge < -0.3 is 39.7 Å². The Labute approximate surface area is 315 Å². The lowest BCUT2D eigenvalue weighted by Gasteiger charge is -2.20. The second-order valence-corrected chi connectivity index (χ2v) is 12.1. The SMILES string of the molecule is COC(=O)c1cc(N)ncc1NC(=O)c1cccc(C(C)(F)F)n1.COC(=O)c1cc2nc(C3COCCO3)cn2cc1NC(=O)c1cccc(C(C)(F)F)n1. The highest BCUT2D eigenvalue weighted by Crippen LogP contribution is 2.28. The summed E-state index contributed by atoms with van der Waals surface area (Å²) >= 11 is 0. The Bertz CT molecular complexity index is 2270. The Balaban J connectivity index is 0.000000224. The minimum atomic E-state index is -3.20. The maximum Gasteiger partial charge on any atom is 0.340 e. The van der Waals surface area contributed by atoms with Crippen LogP contribution in [0.25, 0.3) is 5.65 Å². The third-order valence-electron chi connectivity index (χ3n) is 7.85.